The monoisotopic (exact) mass is 242 g/mol. The summed E-state index contributed by atoms with van der Waals surface area (Å²) in [6, 6.07) is 11.5. The Morgan fingerprint density at radius 1 is 1.22 bits per heavy atom. The lowest BCUT2D eigenvalue weighted by molar-refractivity contribution is 0.0978. The molecular formula is C15H18N2O. The van der Waals surface area contributed by atoms with Gasteiger partial charge in [-0.05, 0) is 26.3 Å². The topological polar surface area (TPSA) is 34.9 Å². The van der Waals surface area contributed by atoms with Gasteiger partial charge in [-0.1, -0.05) is 30.3 Å². The molecule has 2 rings (SSSR count). The van der Waals surface area contributed by atoms with Gasteiger partial charge < -0.3 is 0 Å². The first-order valence-electron chi connectivity index (χ1n) is 6.26. The molecule has 0 aliphatic rings. The maximum Gasteiger partial charge on any atom is 0.162 e. The number of carbonyl (C=O) groups excluding carboxylic acids is 1. The average molecular weight is 242 g/mol. The summed E-state index contributed by atoms with van der Waals surface area (Å²) in [6.07, 6.45) is 1.40. The van der Waals surface area contributed by atoms with Crippen LogP contribution in [0.25, 0.3) is 0 Å². The zero-order chi connectivity index (χ0) is 13.0. The Hall–Kier alpha value is -1.90. The van der Waals surface area contributed by atoms with Gasteiger partial charge in [0.25, 0.3) is 0 Å². The molecule has 0 aliphatic heterocycles. The van der Waals surface area contributed by atoms with Crippen LogP contribution in [0.3, 0.4) is 0 Å². The lowest BCUT2D eigenvalue weighted by Gasteiger charge is -2.04. The number of carbonyl (C=O) groups is 1. The van der Waals surface area contributed by atoms with Crippen molar-refractivity contribution in [1.29, 1.82) is 0 Å². The Morgan fingerprint density at radius 2 is 1.94 bits per heavy atom. The van der Waals surface area contributed by atoms with E-state index < -0.39 is 0 Å². The van der Waals surface area contributed by atoms with E-state index in [4.69, 9.17) is 0 Å². The molecule has 0 amide bonds. The predicted octanol–water partition coefficient (Wildman–Crippen LogP) is 3.16. The molecule has 0 bridgehead atoms. The summed E-state index contributed by atoms with van der Waals surface area (Å²) in [5.74, 6) is 0.206. The summed E-state index contributed by atoms with van der Waals surface area (Å²) >= 11 is 0. The number of nitrogens with zero attached hydrogens (tertiary/aromatic N) is 2. The summed E-state index contributed by atoms with van der Waals surface area (Å²) in [4.78, 5) is 11.9. The van der Waals surface area contributed by atoms with E-state index in [2.05, 4.69) is 11.2 Å². The fourth-order valence-corrected chi connectivity index (χ4v) is 2.06. The highest BCUT2D eigenvalue weighted by atomic mass is 16.1. The molecule has 1 aromatic heterocycles. The van der Waals surface area contributed by atoms with Gasteiger partial charge in [0.05, 0.1) is 5.69 Å². The van der Waals surface area contributed by atoms with Gasteiger partial charge in [-0.2, -0.15) is 5.10 Å². The van der Waals surface area contributed by atoms with Gasteiger partial charge >= 0.3 is 0 Å². The third-order valence-corrected chi connectivity index (χ3v) is 2.97. The van der Waals surface area contributed by atoms with Crippen LogP contribution in [-0.2, 0) is 6.54 Å². The minimum atomic E-state index is 0.206. The van der Waals surface area contributed by atoms with Gasteiger partial charge in [0, 0.05) is 24.2 Å². The number of hydrogen-bond acceptors (Lipinski definition) is 2. The molecule has 2 aromatic rings. The van der Waals surface area contributed by atoms with E-state index in [0.29, 0.717) is 6.42 Å². The van der Waals surface area contributed by atoms with E-state index in [1.165, 1.54) is 0 Å². The van der Waals surface area contributed by atoms with E-state index in [1.807, 2.05) is 48.9 Å². The van der Waals surface area contributed by atoms with Gasteiger partial charge in [-0.3, -0.25) is 9.48 Å². The van der Waals surface area contributed by atoms with Crippen LogP contribution >= 0.6 is 0 Å². The second-order valence-corrected chi connectivity index (χ2v) is 4.54. The van der Waals surface area contributed by atoms with Crippen LogP contribution in [-0.4, -0.2) is 15.6 Å². The SMILES string of the molecule is Cc1cc(C)n(CCCC(=O)c2ccccc2)n1. The molecule has 0 aliphatic carbocycles. The number of hydrogen-bond donors (Lipinski definition) is 0. The maximum atomic E-state index is 11.9. The molecule has 94 valence electrons. The molecule has 0 saturated heterocycles. The Labute approximate surface area is 107 Å². The Morgan fingerprint density at radius 3 is 2.56 bits per heavy atom. The van der Waals surface area contributed by atoms with Crippen molar-refractivity contribution in [2.24, 2.45) is 0 Å². The molecule has 1 aromatic carbocycles. The van der Waals surface area contributed by atoms with Crippen LogP contribution in [0.1, 0.15) is 34.6 Å². The van der Waals surface area contributed by atoms with Crippen LogP contribution in [0.4, 0.5) is 0 Å². The fourth-order valence-electron chi connectivity index (χ4n) is 2.06. The Bertz CT molecular complexity index is 529. The first-order valence-corrected chi connectivity index (χ1v) is 6.26. The number of Topliss-reactive ketones (excluding diaryl/α,β-unsaturated/α-hetero) is 1. The van der Waals surface area contributed by atoms with E-state index in [1.54, 1.807) is 0 Å². The highest BCUT2D eigenvalue weighted by Crippen LogP contribution is 2.08. The number of ketones is 1. The highest BCUT2D eigenvalue weighted by Gasteiger charge is 2.06. The summed E-state index contributed by atoms with van der Waals surface area (Å²) in [7, 11) is 0. The van der Waals surface area contributed by atoms with Crippen molar-refractivity contribution >= 4 is 5.78 Å². The molecule has 0 saturated carbocycles. The maximum absolute atomic E-state index is 11.9. The van der Waals surface area contributed by atoms with Crippen molar-refractivity contribution in [3.05, 3.63) is 53.3 Å². The molecule has 0 radical (unpaired) electrons. The lowest BCUT2D eigenvalue weighted by Crippen LogP contribution is -2.06. The lowest BCUT2D eigenvalue weighted by atomic mass is 10.1. The van der Waals surface area contributed by atoms with Crippen molar-refractivity contribution in [2.45, 2.75) is 33.2 Å². The molecule has 0 atom stereocenters. The minimum absolute atomic E-state index is 0.206. The van der Waals surface area contributed by atoms with Gasteiger partial charge in [0.1, 0.15) is 0 Å². The van der Waals surface area contributed by atoms with Crippen molar-refractivity contribution in [1.82, 2.24) is 9.78 Å². The zero-order valence-corrected chi connectivity index (χ0v) is 10.9. The first-order chi connectivity index (χ1) is 8.66. The van der Waals surface area contributed by atoms with Crippen LogP contribution in [0.5, 0.6) is 0 Å². The highest BCUT2D eigenvalue weighted by molar-refractivity contribution is 5.95. The molecule has 3 heteroatoms. The van der Waals surface area contributed by atoms with Crippen LogP contribution in [0.15, 0.2) is 36.4 Å². The van der Waals surface area contributed by atoms with Gasteiger partial charge in [0.2, 0.25) is 0 Å². The summed E-state index contributed by atoms with van der Waals surface area (Å²) in [5.41, 5.74) is 2.98. The van der Waals surface area contributed by atoms with E-state index >= 15 is 0 Å². The molecular weight excluding hydrogens is 224 g/mol. The summed E-state index contributed by atoms with van der Waals surface area (Å²) in [6.45, 7) is 4.83. The number of aryl methyl sites for hydroxylation is 3. The average Bonchev–Trinajstić information content (AvgIpc) is 2.69. The van der Waals surface area contributed by atoms with Crippen molar-refractivity contribution < 1.29 is 4.79 Å². The fraction of sp³-hybridized carbons (Fsp3) is 0.333. The second kappa shape index (κ2) is 5.63. The summed E-state index contributed by atoms with van der Waals surface area (Å²) in [5, 5.41) is 4.39. The largest absolute Gasteiger partial charge is 0.294 e. The smallest absolute Gasteiger partial charge is 0.162 e. The Balaban J connectivity index is 1.86. The second-order valence-electron chi connectivity index (χ2n) is 4.54. The third kappa shape index (κ3) is 3.06. The predicted molar refractivity (Wildman–Crippen MR) is 71.7 cm³/mol. The Kier molecular flexibility index (Phi) is 3.92. The number of benzene rings is 1. The van der Waals surface area contributed by atoms with Gasteiger partial charge in [-0.15, -0.1) is 0 Å². The molecule has 0 N–H and O–H groups in total. The standard InChI is InChI=1S/C15H18N2O/c1-12-11-13(2)17(16-12)10-6-9-15(18)14-7-4-3-5-8-14/h3-5,7-8,11H,6,9-10H2,1-2H3. The third-order valence-electron chi connectivity index (χ3n) is 2.97. The van der Waals surface area contributed by atoms with Crippen molar-refractivity contribution in [2.75, 3.05) is 0 Å². The number of aromatic nitrogens is 2. The van der Waals surface area contributed by atoms with Crippen LogP contribution in [0.2, 0.25) is 0 Å². The van der Waals surface area contributed by atoms with E-state index in [-0.39, 0.29) is 5.78 Å². The summed E-state index contributed by atoms with van der Waals surface area (Å²) < 4.78 is 1.97. The van der Waals surface area contributed by atoms with Crippen molar-refractivity contribution in [3.8, 4) is 0 Å². The quantitative estimate of drug-likeness (QED) is 0.755. The van der Waals surface area contributed by atoms with Gasteiger partial charge in [0.15, 0.2) is 5.78 Å². The number of rotatable bonds is 5. The van der Waals surface area contributed by atoms with Crippen LogP contribution in [0, 0.1) is 13.8 Å². The molecule has 0 fully saturated rings. The normalized spacial score (nSPS) is 10.6. The van der Waals surface area contributed by atoms with E-state index in [9.17, 15) is 4.79 Å². The molecule has 0 spiro atoms. The van der Waals surface area contributed by atoms with Crippen molar-refractivity contribution in [3.63, 3.8) is 0 Å². The van der Waals surface area contributed by atoms with Gasteiger partial charge in [-0.25, -0.2) is 0 Å². The minimum Gasteiger partial charge on any atom is -0.294 e. The first kappa shape index (κ1) is 12.6. The van der Waals surface area contributed by atoms with Crippen LogP contribution < -0.4 is 0 Å². The molecule has 18 heavy (non-hydrogen) atoms. The zero-order valence-electron chi connectivity index (χ0n) is 10.9. The molecule has 3 nitrogen and oxygen atoms in total. The molecule has 1 heterocycles. The van der Waals surface area contributed by atoms with E-state index in [0.717, 1.165) is 29.9 Å². The molecule has 0 unspecified atom stereocenters.